The van der Waals surface area contributed by atoms with Gasteiger partial charge in [0.05, 0.1) is 16.3 Å². The first kappa shape index (κ1) is 22.4. The van der Waals surface area contributed by atoms with Crippen LogP contribution in [0.4, 0.5) is 14.6 Å². The molecule has 0 saturated carbocycles. The highest BCUT2D eigenvalue weighted by atomic mass is 19.1. The topological polar surface area (TPSA) is 120 Å². The minimum Gasteiger partial charge on any atom is -0.508 e. The van der Waals surface area contributed by atoms with E-state index in [1.165, 1.54) is 41.3 Å². The molecule has 10 heteroatoms. The molecule has 8 nitrogen and oxygen atoms in total. The minimum absolute atomic E-state index is 0.0832. The summed E-state index contributed by atoms with van der Waals surface area (Å²) in [4.78, 5) is 21.9. The molecule has 3 aromatic heterocycles. The quantitative estimate of drug-likeness (QED) is 0.356. The van der Waals surface area contributed by atoms with E-state index in [1.807, 2.05) is 0 Å². The van der Waals surface area contributed by atoms with E-state index < -0.39 is 11.6 Å². The maximum Gasteiger partial charge on any atom is 0.200 e. The third-order valence-corrected chi connectivity index (χ3v) is 5.99. The van der Waals surface area contributed by atoms with Crippen LogP contribution in [0, 0.1) is 11.6 Å². The third-order valence-electron chi connectivity index (χ3n) is 5.99. The molecule has 0 aliphatic rings. The van der Waals surface area contributed by atoms with E-state index in [0.29, 0.717) is 27.6 Å². The number of phenols is 1. The fraction of sp³-hybridized carbons (Fsp3) is 0.0370. The zero-order valence-corrected chi connectivity index (χ0v) is 19.0. The second-order valence-corrected chi connectivity index (χ2v) is 8.40. The number of nitrogen functional groups attached to an aromatic ring is 1. The van der Waals surface area contributed by atoms with Gasteiger partial charge >= 0.3 is 0 Å². The highest BCUT2D eigenvalue weighted by Gasteiger charge is 2.22. The smallest absolute Gasteiger partial charge is 0.200 e. The summed E-state index contributed by atoms with van der Waals surface area (Å²) in [7, 11) is 0. The monoisotopic (exact) mass is 497 g/mol. The Morgan fingerprint density at radius 2 is 1.76 bits per heavy atom. The Balaban J connectivity index is 1.61. The first-order valence-electron chi connectivity index (χ1n) is 11.2. The number of halogens is 2. The van der Waals surface area contributed by atoms with Crippen molar-refractivity contribution in [2.75, 3.05) is 5.73 Å². The van der Waals surface area contributed by atoms with Gasteiger partial charge in [-0.3, -0.25) is 4.79 Å². The van der Waals surface area contributed by atoms with Crippen molar-refractivity contribution in [2.24, 2.45) is 0 Å². The molecule has 0 unspecified atom stereocenters. The van der Waals surface area contributed by atoms with Gasteiger partial charge in [0.15, 0.2) is 5.65 Å². The molecule has 3 N–H and O–H groups in total. The maximum atomic E-state index is 14.1. The Kier molecular flexibility index (Phi) is 5.15. The van der Waals surface area contributed by atoms with Gasteiger partial charge in [-0.15, -0.1) is 0 Å². The lowest BCUT2D eigenvalue weighted by Gasteiger charge is -2.11. The second-order valence-electron chi connectivity index (χ2n) is 8.40. The van der Waals surface area contributed by atoms with Crippen LogP contribution in [0.3, 0.4) is 0 Å². The minimum atomic E-state index is -0.665. The van der Waals surface area contributed by atoms with Crippen LogP contribution in [0.2, 0.25) is 0 Å². The number of benzene rings is 3. The van der Waals surface area contributed by atoms with Crippen molar-refractivity contribution >= 4 is 27.8 Å². The molecular weight excluding hydrogens is 480 g/mol. The number of hydrogen-bond acceptors (Lipinski definition) is 7. The van der Waals surface area contributed by atoms with E-state index >= 15 is 0 Å². The highest BCUT2D eigenvalue weighted by molar-refractivity contribution is 5.98. The van der Waals surface area contributed by atoms with Crippen LogP contribution in [0.1, 0.15) is 5.76 Å². The molecule has 3 aromatic carbocycles. The summed E-state index contributed by atoms with van der Waals surface area (Å²) in [5.41, 5.74) is 7.47. The van der Waals surface area contributed by atoms with Crippen LogP contribution in [0.5, 0.6) is 5.75 Å². The zero-order chi connectivity index (χ0) is 25.7. The number of hydrogen-bond donors (Lipinski definition) is 2. The average molecular weight is 497 g/mol. The van der Waals surface area contributed by atoms with E-state index in [0.717, 1.165) is 6.07 Å². The van der Waals surface area contributed by atoms with Gasteiger partial charge in [0, 0.05) is 11.6 Å². The molecule has 3 heterocycles. The Hall–Kier alpha value is -5.12. The van der Waals surface area contributed by atoms with Crippen LogP contribution in [0.25, 0.3) is 44.4 Å². The van der Waals surface area contributed by atoms with E-state index in [9.17, 15) is 18.7 Å². The predicted octanol–water partition coefficient (Wildman–Crippen LogP) is 4.88. The Morgan fingerprint density at radius 1 is 0.946 bits per heavy atom. The van der Waals surface area contributed by atoms with Crippen molar-refractivity contribution in [2.45, 2.75) is 6.54 Å². The Morgan fingerprint density at radius 3 is 2.57 bits per heavy atom. The number of fused-ring (bicyclic) bond motifs is 2. The third kappa shape index (κ3) is 3.84. The van der Waals surface area contributed by atoms with Crippen molar-refractivity contribution in [1.29, 1.82) is 0 Å². The van der Waals surface area contributed by atoms with Crippen molar-refractivity contribution in [3.05, 3.63) is 101 Å². The van der Waals surface area contributed by atoms with Gasteiger partial charge in [0.2, 0.25) is 5.43 Å². The summed E-state index contributed by atoms with van der Waals surface area (Å²) in [6.07, 6.45) is 1.26. The number of aromatic hydroxyl groups is 1. The van der Waals surface area contributed by atoms with Crippen LogP contribution >= 0.6 is 0 Å². The predicted molar refractivity (Wildman–Crippen MR) is 134 cm³/mol. The summed E-state index contributed by atoms with van der Waals surface area (Å²) in [6, 6.07) is 15.9. The largest absolute Gasteiger partial charge is 0.508 e. The lowest BCUT2D eigenvalue weighted by molar-refractivity contribution is 0.469. The molecule has 0 fully saturated rings. The fourth-order valence-corrected chi connectivity index (χ4v) is 4.43. The number of phenolic OH excluding ortho intramolecular Hbond substituents is 1. The molecule has 0 saturated heterocycles. The van der Waals surface area contributed by atoms with E-state index in [2.05, 4.69) is 15.1 Å². The first-order valence-corrected chi connectivity index (χ1v) is 11.2. The lowest BCUT2D eigenvalue weighted by atomic mass is 10.0. The van der Waals surface area contributed by atoms with Gasteiger partial charge < -0.3 is 15.3 Å². The highest BCUT2D eigenvalue weighted by Crippen LogP contribution is 2.34. The summed E-state index contributed by atoms with van der Waals surface area (Å²) in [6.45, 7) is -0.0832. The number of para-hydroxylation sites is 1. The van der Waals surface area contributed by atoms with Crippen molar-refractivity contribution in [3.63, 3.8) is 0 Å². The molecule has 0 aliphatic heterocycles. The summed E-state index contributed by atoms with van der Waals surface area (Å²) < 4.78 is 35.8. The summed E-state index contributed by atoms with van der Waals surface area (Å²) in [5, 5.41) is 15.2. The standard InChI is InChI=1S/C27H17F2N5O3/c28-16-5-3-4-14(8-16)22-21(37-20-7-2-1-6-19(20)25(22)36)12-34-27-23(26(30)31-13-32-27)24(33-34)15-9-17(29)11-18(35)10-15/h1-11,13,35H,12H2,(H2,30,31,32). The van der Waals surface area contributed by atoms with Crippen molar-refractivity contribution in [3.8, 4) is 28.1 Å². The van der Waals surface area contributed by atoms with E-state index in [-0.39, 0.29) is 46.1 Å². The first-order chi connectivity index (χ1) is 17.9. The van der Waals surface area contributed by atoms with Crippen LogP contribution in [-0.2, 0) is 6.54 Å². The number of aromatic nitrogens is 4. The van der Waals surface area contributed by atoms with E-state index in [1.54, 1.807) is 30.3 Å². The van der Waals surface area contributed by atoms with Gasteiger partial charge in [-0.2, -0.15) is 5.10 Å². The number of nitrogens with zero attached hydrogens (tertiary/aromatic N) is 4. The molecule has 0 radical (unpaired) electrons. The van der Waals surface area contributed by atoms with Gasteiger partial charge in [-0.05, 0) is 42.0 Å². The molecule has 0 bridgehead atoms. The maximum absolute atomic E-state index is 14.1. The van der Waals surface area contributed by atoms with Crippen LogP contribution < -0.4 is 11.2 Å². The molecule has 0 amide bonds. The van der Waals surface area contributed by atoms with Gasteiger partial charge in [0.1, 0.15) is 53.1 Å². The number of nitrogens with two attached hydrogens (primary N) is 1. The second kappa shape index (κ2) is 8.52. The SMILES string of the molecule is Nc1ncnc2c1c(-c1cc(O)cc(F)c1)nn2Cc1oc2ccccc2c(=O)c1-c1cccc(F)c1. The molecule has 0 atom stereocenters. The zero-order valence-electron chi connectivity index (χ0n) is 19.0. The number of rotatable bonds is 4. The lowest BCUT2D eigenvalue weighted by Crippen LogP contribution is -2.13. The van der Waals surface area contributed by atoms with Gasteiger partial charge in [-0.25, -0.2) is 23.4 Å². The normalized spacial score (nSPS) is 11.4. The van der Waals surface area contributed by atoms with Crippen LogP contribution in [0.15, 0.2) is 82.3 Å². The van der Waals surface area contributed by atoms with Gasteiger partial charge in [0.25, 0.3) is 0 Å². The Labute approximate surface area is 207 Å². The molecule has 182 valence electrons. The molecular formula is C27H17F2N5O3. The van der Waals surface area contributed by atoms with Crippen molar-refractivity contribution < 1.29 is 18.3 Å². The number of anilines is 1. The Bertz CT molecular complexity index is 1880. The van der Waals surface area contributed by atoms with E-state index in [4.69, 9.17) is 10.2 Å². The average Bonchev–Trinajstić information content (AvgIpc) is 3.23. The summed E-state index contributed by atoms with van der Waals surface area (Å²) >= 11 is 0. The molecule has 6 rings (SSSR count). The van der Waals surface area contributed by atoms with Gasteiger partial charge in [-0.1, -0.05) is 24.3 Å². The van der Waals surface area contributed by atoms with Crippen molar-refractivity contribution in [1.82, 2.24) is 19.7 Å². The van der Waals surface area contributed by atoms with Crippen LogP contribution in [-0.4, -0.2) is 24.9 Å². The molecule has 6 aromatic rings. The summed E-state index contributed by atoms with van der Waals surface area (Å²) in [5.74, 6) is -1.15. The molecule has 0 aliphatic carbocycles. The molecule has 37 heavy (non-hydrogen) atoms. The fourth-order valence-electron chi connectivity index (χ4n) is 4.43. The molecule has 0 spiro atoms.